The van der Waals surface area contributed by atoms with Gasteiger partial charge in [0.15, 0.2) is 0 Å². The van der Waals surface area contributed by atoms with E-state index in [0.29, 0.717) is 12.1 Å². The Balaban J connectivity index is 1.57. The summed E-state index contributed by atoms with van der Waals surface area (Å²) in [7, 11) is 0. The van der Waals surface area contributed by atoms with E-state index in [9.17, 15) is 0 Å². The Morgan fingerprint density at radius 1 is 1.25 bits per heavy atom. The third-order valence-corrected chi connectivity index (χ3v) is 3.63. The van der Waals surface area contributed by atoms with Crippen molar-refractivity contribution in [2.75, 3.05) is 32.0 Å². The highest BCUT2D eigenvalue weighted by Crippen LogP contribution is 2.25. The highest BCUT2D eigenvalue weighted by Gasteiger charge is 2.30. The molecule has 0 radical (unpaired) electrons. The van der Waals surface area contributed by atoms with E-state index in [-0.39, 0.29) is 0 Å². The number of nitrogens with two attached hydrogens (primary N) is 1. The molecule has 2 aliphatic heterocycles. The van der Waals surface area contributed by atoms with Gasteiger partial charge < -0.3 is 10.5 Å². The van der Waals surface area contributed by atoms with Crippen molar-refractivity contribution >= 4 is 5.69 Å². The van der Waals surface area contributed by atoms with Crippen LogP contribution in [0.15, 0.2) is 12.4 Å². The van der Waals surface area contributed by atoms with Gasteiger partial charge in [0.25, 0.3) is 0 Å². The average Bonchev–Trinajstić information content (AvgIpc) is 2.63. The molecule has 0 amide bonds. The van der Waals surface area contributed by atoms with Gasteiger partial charge in [0.05, 0.1) is 37.2 Å². The van der Waals surface area contributed by atoms with Gasteiger partial charge >= 0.3 is 0 Å². The molecule has 1 aromatic heterocycles. The van der Waals surface area contributed by atoms with Crippen LogP contribution in [-0.4, -0.2) is 47.0 Å². The van der Waals surface area contributed by atoms with Gasteiger partial charge in [0.1, 0.15) is 0 Å². The van der Waals surface area contributed by atoms with E-state index >= 15 is 0 Å². The lowest BCUT2D eigenvalue weighted by Crippen LogP contribution is -2.51. The fourth-order valence-corrected chi connectivity index (χ4v) is 2.50. The van der Waals surface area contributed by atoms with Crippen molar-refractivity contribution in [3.05, 3.63) is 12.4 Å². The van der Waals surface area contributed by atoms with Crippen LogP contribution in [0.5, 0.6) is 0 Å². The predicted octanol–water partition coefficient (Wildman–Crippen LogP) is 0.501. The maximum atomic E-state index is 5.68. The van der Waals surface area contributed by atoms with Gasteiger partial charge in [-0.25, -0.2) is 0 Å². The van der Waals surface area contributed by atoms with E-state index in [1.165, 1.54) is 0 Å². The number of hydrogen-bond acceptors (Lipinski definition) is 4. The Morgan fingerprint density at radius 2 is 2.00 bits per heavy atom. The summed E-state index contributed by atoms with van der Waals surface area (Å²) in [6.45, 7) is 4.13. The molecule has 1 aromatic rings. The van der Waals surface area contributed by atoms with E-state index in [4.69, 9.17) is 10.5 Å². The first-order chi connectivity index (χ1) is 7.83. The van der Waals surface area contributed by atoms with Crippen molar-refractivity contribution in [2.24, 2.45) is 0 Å². The molecule has 0 atom stereocenters. The summed E-state index contributed by atoms with van der Waals surface area (Å²) in [4.78, 5) is 2.53. The molecule has 2 N–H and O–H groups in total. The molecule has 0 aromatic carbocycles. The normalized spacial score (nSPS) is 24.5. The molecule has 0 saturated carbocycles. The van der Waals surface area contributed by atoms with Crippen LogP contribution >= 0.6 is 0 Å². The molecule has 2 saturated heterocycles. The van der Waals surface area contributed by atoms with Crippen molar-refractivity contribution in [1.29, 1.82) is 0 Å². The minimum absolute atomic E-state index is 0.523. The minimum Gasteiger partial charge on any atom is -0.396 e. The van der Waals surface area contributed by atoms with Gasteiger partial charge in [-0.3, -0.25) is 9.58 Å². The van der Waals surface area contributed by atoms with Gasteiger partial charge in [-0.05, 0) is 12.8 Å². The number of anilines is 1. The molecular formula is C11H18N4O. The highest BCUT2D eigenvalue weighted by molar-refractivity contribution is 5.30. The molecule has 0 unspecified atom stereocenters. The minimum atomic E-state index is 0.523. The van der Waals surface area contributed by atoms with Crippen LogP contribution in [0.3, 0.4) is 0 Å². The number of piperidine rings is 1. The first kappa shape index (κ1) is 10.1. The second kappa shape index (κ2) is 4.07. The highest BCUT2D eigenvalue weighted by atomic mass is 16.5. The zero-order chi connectivity index (χ0) is 11.0. The Bertz CT molecular complexity index is 353. The third kappa shape index (κ3) is 1.81. The van der Waals surface area contributed by atoms with E-state index in [0.717, 1.165) is 44.8 Å². The monoisotopic (exact) mass is 222 g/mol. The van der Waals surface area contributed by atoms with Crippen LogP contribution in [0.2, 0.25) is 0 Å². The maximum absolute atomic E-state index is 5.68. The Morgan fingerprint density at radius 3 is 2.50 bits per heavy atom. The molecule has 2 fully saturated rings. The number of nitrogens with zero attached hydrogens (tertiary/aromatic N) is 3. The zero-order valence-electron chi connectivity index (χ0n) is 9.38. The Labute approximate surface area is 95.2 Å². The SMILES string of the molecule is Nc1cnn(C2CCN(C3COC3)CC2)c1. The van der Waals surface area contributed by atoms with Crippen LogP contribution in [-0.2, 0) is 4.74 Å². The van der Waals surface area contributed by atoms with Crippen molar-refractivity contribution in [1.82, 2.24) is 14.7 Å². The number of rotatable bonds is 2. The largest absolute Gasteiger partial charge is 0.396 e. The standard InChI is InChI=1S/C11H18N4O/c12-9-5-13-15(6-9)10-1-3-14(4-2-10)11-7-16-8-11/h5-6,10-11H,1-4,7-8,12H2. The van der Waals surface area contributed by atoms with E-state index in [2.05, 4.69) is 10.00 Å². The fraction of sp³-hybridized carbons (Fsp3) is 0.727. The fourth-order valence-electron chi connectivity index (χ4n) is 2.50. The van der Waals surface area contributed by atoms with E-state index < -0.39 is 0 Å². The van der Waals surface area contributed by atoms with Crippen molar-refractivity contribution < 1.29 is 4.74 Å². The number of aromatic nitrogens is 2. The van der Waals surface area contributed by atoms with Crippen molar-refractivity contribution in [3.8, 4) is 0 Å². The summed E-state index contributed by atoms with van der Waals surface area (Å²) in [5.41, 5.74) is 6.44. The summed E-state index contributed by atoms with van der Waals surface area (Å²) in [6.07, 6.45) is 5.99. The number of ether oxygens (including phenoxy) is 1. The van der Waals surface area contributed by atoms with Gasteiger partial charge in [-0.2, -0.15) is 5.10 Å². The van der Waals surface area contributed by atoms with Crippen LogP contribution in [0.1, 0.15) is 18.9 Å². The first-order valence-corrected chi connectivity index (χ1v) is 5.94. The zero-order valence-corrected chi connectivity index (χ0v) is 9.38. The van der Waals surface area contributed by atoms with Crippen LogP contribution in [0, 0.1) is 0 Å². The number of hydrogen-bond donors (Lipinski definition) is 1. The summed E-state index contributed by atoms with van der Waals surface area (Å²) in [5.74, 6) is 0. The topological polar surface area (TPSA) is 56.3 Å². The van der Waals surface area contributed by atoms with Crippen molar-refractivity contribution in [3.63, 3.8) is 0 Å². The molecule has 3 rings (SSSR count). The lowest BCUT2D eigenvalue weighted by atomic mass is 10.0. The third-order valence-electron chi connectivity index (χ3n) is 3.63. The molecule has 2 aliphatic rings. The molecule has 0 spiro atoms. The molecule has 88 valence electrons. The van der Waals surface area contributed by atoms with Gasteiger partial charge in [0, 0.05) is 19.3 Å². The lowest BCUT2D eigenvalue weighted by Gasteiger charge is -2.41. The summed E-state index contributed by atoms with van der Waals surface area (Å²) >= 11 is 0. The molecule has 5 heteroatoms. The predicted molar refractivity (Wildman–Crippen MR) is 61.1 cm³/mol. The van der Waals surface area contributed by atoms with Crippen molar-refractivity contribution in [2.45, 2.75) is 24.9 Å². The Hall–Kier alpha value is -1.07. The summed E-state index contributed by atoms with van der Waals surface area (Å²) in [5, 5.41) is 4.29. The molecular weight excluding hydrogens is 204 g/mol. The quantitative estimate of drug-likeness (QED) is 0.791. The van der Waals surface area contributed by atoms with Gasteiger partial charge in [-0.1, -0.05) is 0 Å². The molecule has 3 heterocycles. The Kier molecular flexibility index (Phi) is 2.57. The van der Waals surface area contributed by atoms with E-state index in [1.54, 1.807) is 6.20 Å². The van der Waals surface area contributed by atoms with Crippen LogP contribution in [0.25, 0.3) is 0 Å². The number of nitrogen functional groups attached to an aromatic ring is 1. The van der Waals surface area contributed by atoms with E-state index in [1.807, 2.05) is 10.9 Å². The summed E-state index contributed by atoms with van der Waals surface area (Å²) < 4.78 is 7.24. The molecule has 5 nitrogen and oxygen atoms in total. The van der Waals surface area contributed by atoms with Crippen LogP contribution in [0.4, 0.5) is 5.69 Å². The van der Waals surface area contributed by atoms with Gasteiger partial charge in [-0.15, -0.1) is 0 Å². The molecule has 16 heavy (non-hydrogen) atoms. The first-order valence-electron chi connectivity index (χ1n) is 5.94. The van der Waals surface area contributed by atoms with Gasteiger partial charge in [0.2, 0.25) is 0 Å². The number of likely N-dealkylation sites (tertiary alicyclic amines) is 1. The second-order valence-corrected chi connectivity index (χ2v) is 4.71. The second-order valence-electron chi connectivity index (χ2n) is 4.71. The smallest absolute Gasteiger partial charge is 0.0719 e. The summed E-state index contributed by atoms with van der Waals surface area (Å²) in [6, 6.07) is 1.19. The average molecular weight is 222 g/mol. The van der Waals surface area contributed by atoms with Crippen LogP contribution < -0.4 is 5.73 Å². The molecule has 0 aliphatic carbocycles. The lowest BCUT2D eigenvalue weighted by molar-refractivity contribution is -0.0734. The molecule has 0 bridgehead atoms. The maximum Gasteiger partial charge on any atom is 0.0719 e.